The molecule has 0 aromatic rings. The highest BCUT2D eigenvalue weighted by Crippen LogP contribution is 2.40. The molecule has 0 saturated heterocycles. The zero-order chi connectivity index (χ0) is 11.3. The van der Waals surface area contributed by atoms with Crippen LogP contribution in [0.2, 0.25) is 0 Å². The van der Waals surface area contributed by atoms with E-state index >= 15 is 0 Å². The highest BCUT2D eigenvalue weighted by Gasteiger charge is 2.36. The van der Waals surface area contributed by atoms with Crippen molar-refractivity contribution in [1.29, 1.82) is 0 Å². The second-order valence-electron chi connectivity index (χ2n) is 5.35. The first-order valence-corrected chi connectivity index (χ1v) is 6.43. The summed E-state index contributed by atoms with van der Waals surface area (Å²) in [6, 6.07) is 0.535. The van der Waals surface area contributed by atoms with Crippen molar-refractivity contribution in [3.05, 3.63) is 0 Å². The molecule has 1 aliphatic rings. The van der Waals surface area contributed by atoms with Gasteiger partial charge in [0, 0.05) is 6.04 Å². The third-order valence-corrected chi connectivity index (χ3v) is 3.63. The lowest BCUT2D eigenvalue weighted by atomic mass is 9.81. The van der Waals surface area contributed by atoms with E-state index in [1.165, 1.54) is 25.7 Å². The molecule has 0 bridgehead atoms. The van der Waals surface area contributed by atoms with Gasteiger partial charge in [-0.05, 0) is 38.6 Å². The number of hydrogen-bond acceptors (Lipinski definition) is 2. The molecule has 0 spiro atoms. The molecule has 1 N–H and O–H groups in total. The molecule has 2 heteroatoms. The van der Waals surface area contributed by atoms with Crippen molar-refractivity contribution in [2.24, 2.45) is 5.41 Å². The Balaban J connectivity index is 2.48. The summed E-state index contributed by atoms with van der Waals surface area (Å²) >= 11 is 0. The van der Waals surface area contributed by atoms with Gasteiger partial charge in [0.25, 0.3) is 0 Å². The van der Waals surface area contributed by atoms with Gasteiger partial charge >= 0.3 is 0 Å². The fourth-order valence-corrected chi connectivity index (χ4v) is 2.57. The van der Waals surface area contributed by atoms with Crippen LogP contribution >= 0.6 is 0 Å². The number of likely N-dealkylation sites (N-methyl/N-ethyl adjacent to an activating group) is 1. The van der Waals surface area contributed by atoms with Gasteiger partial charge in [0.15, 0.2) is 0 Å². The first-order valence-electron chi connectivity index (χ1n) is 6.43. The molecular formula is C13H27NO. The lowest BCUT2D eigenvalue weighted by Crippen LogP contribution is -2.45. The predicted molar refractivity (Wildman–Crippen MR) is 65.1 cm³/mol. The Bertz CT molecular complexity index is 173. The van der Waals surface area contributed by atoms with Gasteiger partial charge in [-0.3, -0.25) is 0 Å². The van der Waals surface area contributed by atoms with Crippen molar-refractivity contribution < 1.29 is 4.74 Å². The third kappa shape index (κ3) is 3.76. The van der Waals surface area contributed by atoms with E-state index in [2.05, 4.69) is 33.0 Å². The Morgan fingerprint density at radius 1 is 1.27 bits per heavy atom. The summed E-state index contributed by atoms with van der Waals surface area (Å²) in [6.45, 7) is 10.7. The molecule has 0 heterocycles. The first kappa shape index (κ1) is 13.0. The van der Waals surface area contributed by atoms with Crippen molar-refractivity contribution in [2.45, 2.75) is 65.5 Å². The minimum Gasteiger partial charge on any atom is -0.377 e. The van der Waals surface area contributed by atoms with Crippen LogP contribution in [0.3, 0.4) is 0 Å². The average molecular weight is 213 g/mol. The zero-order valence-electron chi connectivity index (χ0n) is 10.8. The Hall–Kier alpha value is -0.0800. The quantitative estimate of drug-likeness (QED) is 0.732. The number of rotatable bonds is 6. The maximum Gasteiger partial charge on any atom is 0.0628 e. The molecule has 0 amide bonds. The number of hydrogen-bond donors (Lipinski definition) is 1. The van der Waals surface area contributed by atoms with Gasteiger partial charge in [-0.15, -0.1) is 0 Å². The molecule has 0 radical (unpaired) electrons. The van der Waals surface area contributed by atoms with Crippen LogP contribution in [0.25, 0.3) is 0 Å². The predicted octanol–water partition coefficient (Wildman–Crippen LogP) is 2.97. The van der Waals surface area contributed by atoms with Crippen molar-refractivity contribution in [2.75, 3.05) is 13.2 Å². The van der Waals surface area contributed by atoms with Gasteiger partial charge in [0.2, 0.25) is 0 Å². The van der Waals surface area contributed by atoms with Crippen LogP contribution in [0.4, 0.5) is 0 Å². The molecule has 0 aromatic carbocycles. The molecule has 1 rings (SSSR count). The summed E-state index contributed by atoms with van der Waals surface area (Å²) in [5.41, 5.74) is 0.463. The number of nitrogens with one attached hydrogen (secondary N) is 1. The van der Waals surface area contributed by atoms with Crippen LogP contribution in [-0.2, 0) is 4.74 Å². The normalized spacial score (nSPS) is 22.2. The largest absolute Gasteiger partial charge is 0.377 e. The maximum atomic E-state index is 5.77. The van der Waals surface area contributed by atoms with E-state index in [1.54, 1.807) is 0 Å². The van der Waals surface area contributed by atoms with E-state index in [4.69, 9.17) is 4.74 Å². The summed E-state index contributed by atoms with van der Waals surface area (Å²) < 4.78 is 5.77. The Kier molecular flexibility index (Phi) is 5.07. The topological polar surface area (TPSA) is 21.3 Å². The molecule has 2 nitrogen and oxygen atoms in total. The Morgan fingerprint density at radius 2 is 1.87 bits per heavy atom. The van der Waals surface area contributed by atoms with Gasteiger partial charge in [-0.1, -0.05) is 26.7 Å². The van der Waals surface area contributed by atoms with Crippen molar-refractivity contribution in [3.8, 4) is 0 Å². The van der Waals surface area contributed by atoms with E-state index in [-0.39, 0.29) is 0 Å². The molecule has 1 unspecified atom stereocenters. The summed E-state index contributed by atoms with van der Waals surface area (Å²) in [7, 11) is 0. The summed E-state index contributed by atoms with van der Waals surface area (Å²) in [5, 5.41) is 3.60. The van der Waals surface area contributed by atoms with Crippen LogP contribution in [0.1, 0.15) is 53.4 Å². The zero-order valence-corrected chi connectivity index (χ0v) is 10.8. The van der Waals surface area contributed by atoms with Gasteiger partial charge in [0.05, 0.1) is 12.7 Å². The fraction of sp³-hybridized carbons (Fsp3) is 1.00. The third-order valence-electron chi connectivity index (χ3n) is 3.63. The molecule has 90 valence electrons. The smallest absolute Gasteiger partial charge is 0.0628 e. The molecule has 1 aliphatic carbocycles. The molecule has 1 atom stereocenters. The highest BCUT2D eigenvalue weighted by molar-refractivity contribution is 4.91. The lowest BCUT2D eigenvalue weighted by molar-refractivity contribution is 0.0293. The molecule has 0 aliphatic heterocycles. The van der Waals surface area contributed by atoms with Gasteiger partial charge in [0.1, 0.15) is 0 Å². The molecule has 0 aromatic heterocycles. The monoisotopic (exact) mass is 213 g/mol. The standard InChI is InChI=1S/C13H27NO/c1-5-14-12(10-15-11(2)3)13(4)8-6-7-9-13/h11-12,14H,5-10H2,1-4H3. The van der Waals surface area contributed by atoms with E-state index < -0.39 is 0 Å². The second kappa shape index (κ2) is 5.86. The lowest BCUT2D eigenvalue weighted by Gasteiger charge is -2.35. The number of ether oxygens (including phenoxy) is 1. The van der Waals surface area contributed by atoms with Crippen LogP contribution < -0.4 is 5.32 Å². The van der Waals surface area contributed by atoms with Crippen molar-refractivity contribution in [3.63, 3.8) is 0 Å². The summed E-state index contributed by atoms with van der Waals surface area (Å²) in [6.07, 6.45) is 5.83. The van der Waals surface area contributed by atoms with Crippen LogP contribution in [-0.4, -0.2) is 25.3 Å². The molecule has 1 fully saturated rings. The highest BCUT2D eigenvalue weighted by atomic mass is 16.5. The fourth-order valence-electron chi connectivity index (χ4n) is 2.57. The van der Waals surface area contributed by atoms with Crippen molar-refractivity contribution >= 4 is 0 Å². The Morgan fingerprint density at radius 3 is 2.33 bits per heavy atom. The van der Waals surface area contributed by atoms with Gasteiger partial charge in [-0.2, -0.15) is 0 Å². The van der Waals surface area contributed by atoms with E-state index in [0.29, 0.717) is 17.6 Å². The summed E-state index contributed by atoms with van der Waals surface area (Å²) in [4.78, 5) is 0. The SMILES string of the molecule is CCNC(COC(C)C)C1(C)CCCC1. The summed E-state index contributed by atoms with van der Waals surface area (Å²) in [5.74, 6) is 0. The van der Waals surface area contributed by atoms with Gasteiger partial charge < -0.3 is 10.1 Å². The Labute approximate surface area is 94.8 Å². The minimum atomic E-state index is 0.344. The van der Waals surface area contributed by atoms with E-state index in [1.807, 2.05) is 0 Å². The van der Waals surface area contributed by atoms with Crippen LogP contribution in [0.5, 0.6) is 0 Å². The van der Waals surface area contributed by atoms with E-state index in [0.717, 1.165) is 13.2 Å². The van der Waals surface area contributed by atoms with Gasteiger partial charge in [-0.25, -0.2) is 0 Å². The maximum absolute atomic E-state index is 5.77. The molecular weight excluding hydrogens is 186 g/mol. The second-order valence-corrected chi connectivity index (χ2v) is 5.35. The molecule has 1 saturated carbocycles. The molecule has 15 heavy (non-hydrogen) atoms. The van der Waals surface area contributed by atoms with Crippen LogP contribution in [0, 0.1) is 5.41 Å². The average Bonchev–Trinajstić information content (AvgIpc) is 2.60. The minimum absolute atomic E-state index is 0.344. The first-order chi connectivity index (χ1) is 7.08. The van der Waals surface area contributed by atoms with Crippen molar-refractivity contribution in [1.82, 2.24) is 5.32 Å². The van der Waals surface area contributed by atoms with Crippen LogP contribution in [0.15, 0.2) is 0 Å². The van der Waals surface area contributed by atoms with E-state index in [9.17, 15) is 0 Å².